The Bertz CT molecular complexity index is 574. The molecule has 0 radical (unpaired) electrons. The summed E-state index contributed by atoms with van der Waals surface area (Å²) in [5, 5.41) is 7.73. The largest absolute Gasteiger partial charge is 0.493 e. The van der Waals surface area contributed by atoms with Gasteiger partial charge in [-0.2, -0.15) is 5.10 Å². The normalized spacial score (nSPS) is 13.2. The predicted octanol–water partition coefficient (Wildman–Crippen LogP) is 2.28. The summed E-state index contributed by atoms with van der Waals surface area (Å²) in [5.74, 6) is 1.04. The van der Waals surface area contributed by atoms with E-state index in [0.29, 0.717) is 0 Å². The molecular weight excluding hydrogens is 226 g/mol. The van der Waals surface area contributed by atoms with E-state index in [1.54, 1.807) is 0 Å². The van der Waals surface area contributed by atoms with Gasteiger partial charge >= 0.3 is 0 Å². The molecule has 0 spiro atoms. The van der Waals surface area contributed by atoms with Crippen LogP contribution in [0.4, 0.5) is 5.69 Å². The van der Waals surface area contributed by atoms with Gasteiger partial charge in [0.05, 0.1) is 18.0 Å². The Kier molecular flexibility index (Phi) is 2.70. The summed E-state index contributed by atoms with van der Waals surface area (Å²) >= 11 is 0. The molecule has 3 rings (SSSR count). The van der Waals surface area contributed by atoms with Crippen LogP contribution in [-0.2, 0) is 20.0 Å². The standard InChI is InChI=1S/C14H17N3O/c1-10-13(9-17(2)16-10)15-8-11-3-4-14-12(7-11)5-6-18-14/h3-4,7,9,15H,5-6,8H2,1-2H3. The van der Waals surface area contributed by atoms with Gasteiger partial charge in [0.1, 0.15) is 5.75 Å². The first-order valence-electron chi connectivity index (χ1n) is 6.21. The number of nitrogens with one attached hydrogen (secondary N) is 1. The van der Waals surface area contributed by atoms with Crippen LogP contribution in [0.15, 0.2) is 24.4 Å². The van der Waals surface area contributed by atoms with Crippen molar-refractivity contribution in [2.75, 3.05) is 11.9 Å². The lowest BCUT2D eigenvalue weighted by atomic mass is 10.1. The molecule has 1 aromatic carbocycles. The molecule has 0 aliphatic carbocycles. The molecule has 0 unspecified atom stereocenters. The van der Waals surface area contributed by atoms with Crippen LogP contribution in [0.1, 0.15) is 16.8 Å². The first-order valence-corrected chi connectivity index (χ1v) is 6.21. The Morgan fingerprint density at radius 1 is 1.44 bits per heavy atom. The van der Waals surface area contributed by atoms with E-state index >= 15 is 0 Å². The van der Waals surface area contributed by atoms with E-state index in [-0.39, 0.29) is 0 Å². The lowest BCUT2D eigenvalue weighted by molar-refractivity contribution is 0.357. The maximum atomic E-state index is 5.50. The number of rotatable bonds is 3. The van der Waals surface area contributed by atoms with Gasteiger partial charge in [0.2, 0.25) is 0 Å². The fraction of sp³-hybridized carbons (Fsp3) is 0.357. The van der Waals surface area contributed by atoms with Crippen molar-refractivity contribution in [2.24, 2.45) is 7.05 Å². The summed E-state index contributed by atoms with van der Waals surface area (Å²) in [6.45, 7) is 3.65. The smallest absolute Gasteiger partial charge is 0.122 e. The Morgan fingerprint density at radius 3 is 3.11 bits per heavy atom. The van der Waals surface area contributed by atoms with Gasteiger partial charge in [-0.1, -0.05) is 12.1 Å². The molecule has 0 bridgehead atoms. The van der Waals surface area contributed by atoms with Crippen LogP contribution in [0.3, 0.4) is 0 Å². The average Bonchev–Trinajstić information content (AvgIpc) is 2.92. The van der Waals surface area contributed by atoms with E-state index in [1.165, 1.54) is 11.1 Å². The first kappa shape index (κ1) is 11.1. The Morgan fingerprint density at radius 2 is 2.33 bits per heavy atom. The molecule has 2 heterocycles. The predicted molar refractivity (Wildman–Crippen MR) is 70.9 cm³/mol. The van der Waals surface area contributed by atoms with Gasteiger partial charge in [-0.05, 0) is 24.1 Å². The number of nitrogens with zero attached hydrogens (tertiary/aromatic N) is 2. The zero-order valence-electron chi connectivity index (χ0n) is 10.7. The van der Waals surface area contributed by atoms with Crippen LogP contribution in [0.2, 0.25) is 0 Å². The highest BCUT2D eigenvalue weighted by molar-refractivity contribution is 5.47. The first-order chi connectivity index (χ1) is 8.72. The Hall–Kier alpha value is -1.97. The van der Waals surface area contributed by atoms with E-state index in [0.717, 1.165) is 36.7 Å². The van der Waals surface area contributed by atoms with Gasteiger partial charge in [0.25, 0.3) is 0 Å². The highest BCUT2D eigenvalue weighted by atomic mass is 16.5. The molecule has 1 aliphatic heterocycles. The summed E-state index contributed by atoms with van der Waals surface area (Å²) in [7, 11) is 1.94. The van der Waals surface area contributed by atoms with Gasteiger partial charge in [0, 0.05) is 26.2 Å². The molecule has 0 amide bonds. The van der Waals surface area contributed by atoms with Crippen molar-refractivity contribution in [1.82, 2.24) is 9.78 Å². The van der Waals surface area contributed by atoms with E-state index in [4.69, 9.17) is 4.74 Å². The minimum absolute atomic E-state index is 0.813. The third kappa shape index (κ3) is 2.06. The van der Waals surface area contributed by atoms with Gasteiger partial charge in [0.15, 0.2) is 0 Å². The Labute approximate surface area is 107 Å². The monoisotopic (exact) mass is 243 g/mol. The van der Waals surface area contributed by atoms with Gasteiger partial charge in [-0.15, -0.1) is 0 Å². The number of anilines is 1. The van der Waals surface area contributed by atoms with E-state index < -0.39 is 0 Å². The highest BCUT2D eigenvalue weighted by Crippen LogP contribution is 2.26. The quantitative estimate of drug-likeness (QED) is 0.899. The highest BCUT2D eigenvalue weighted by Gasteiger charge is 2.12. The number of aryl methyl sites for hydroxylation is 2. The SMILES string of the molecule is Cc1nn(C)cc1NCc1ccc2c(c1)CCO2. The average molecular weight is 243 g/mol. The topological polar surface area (TPSA) is 39.1 Å². The lowest BCUT2D eigenvalue weighted by Crippen LogP contribution is -2.00. The number of aromatic nitrogens is 2. The fourth-order valence-corrected chi connectivity index (χ4v) is 2.32. The summed E-state index contributed by atoms with van der Waals surface area (Å²) in [6, 6.07) is 6.40. The van der Waals surface area contributed by atoms with Crippen LogP contribution in [0.5, 0.6) is 5.75 Å². The second kappa shape index (κ2) is 4.37. The van der Waals surface area contributed by atoms with E-state index in [2.05, 4.69) is 28.6 Å². The maximum absolute atomic E-state index is 5.50. The number of benzene rings is 1. The van der Waals surface area contributed by atoms with E-state index in [1.807, 2.05) is 24.9 Å². The molecule has 0 atom stereocenters. The minimum Gasteiger partial charge on any atom is -0.493 e. The molecule has 1 aliphatic rings. The van der Waals surface area contributed by atoms with Gasteiger partial charge in [-0.25, -0.2) is 0 Å². The minimum atomic E-state index is 0.813. The van der Waals surface area contributed by atoms with Crippen LogP contribution in [-0.4, -0.2) is 16.4 Å². The number of ether oxygens (including phenoxy) is 1. The van der Waals surface area contributed by atoms with Crippen LogP contribution < -0.4 is 10.1 Å². The second-order valence-corrected chi connectivity index (χ2v) is 4.70. The lowest BCUT2D eigenvalue weighted by Gasteiger charge is -2.06. The molecule has 2 aromatic rings. The molecule has 4 heteroatoms. The van der Waals surface area contributed by atoms with Crippen molar-refractivity contribution >= 4 is 5.69 Å². The van der Waals surface area contributed by atoms with Crippen molar-refractivity contribution in [3.05, 3.63) is 41.2 Å². The number of hydrogen-bond acceptors (Lipinski definition) is 3. The number of hydrogen-bond donors (Lipinski definition) is 1. The van der Waals surface area contributed by atoms with Crippen LogP contribution in [0.25, 0.3) is 0 Å². The molecule has 1 N–H and O–H groups in total. The van der Waals surface area contributed by atoms with Gasteiger partial charge in [-0.3, -0.25) is 4.68 Å². The van der Waals surface area contributed by atoms with E-state index in [9.17, 15) is 0 Å². The van der Waals surface area contributed by atoms with Crippen molar-refractivity contribution in [3.63, 3.8) is 0 Å². The molecule has 0 saturated carbocycles. The molecule has 0 saturated heterocycles. The molecule has 1 aromatic heterocycles. The van der Waals surface area contributed by atoms with Crippen LogP contribution >= 0.6 is 0 Å². The molecule has 18 heavy (non-hydrogen) atoms. The Balaban J connectivity index is 1.72. The molecular formula is C14H17N3O. The van der Waals surface area contributed by atoms with Crippen molar-refractivity contribution in [3.8, 4) is 5.75 Å². The second-order valence-electron chi connectivity index (χ2n) is 4.70. The zero-order valence-corrected chi connectivity index (χ0v) is 10.7. The third-order valence-electron chi connectivity index (χ3n) is 3.25. The van der Waals surface area contributed by atoms with Crippen LogP contribution in [0, 0.1) is 6.92 Å². The molecule has 0 fully saturated rings. The zero-order chi connectivity index (χ0) is 12.5. The van der Waals surface area contributed by atoms with Gasteiger partial charge < -0.3 is 10.1 Å². The maximum Gasteiger partial charge on any atom is 0.122 e. The summed E-state index contributed by atoms with van der Waals surface area (Å²) in [4.78, 5) is 0. The number of fused-ring (bicyclic) bond motifs is 1. The molecule has 4 nitrogen and oxygen atoms in total. The summed E-state index contributed by atoms with van der Waals surface area (Å²) in [6.07, 6.45) is 3.03. The molecule has 94 valence electrons. The summed E-state index contributed by atoms with van der Waals surface area (Å²) < 4.78 is 7.33. The summed E-state index contributed by atoms with van der Waals surface area (Å²) in [5.41, 5.74) is 4.72. The van der Waals surface area contributed by atoms with Crippen molar-refractivity contribution < 1.29 is 4.74 Å². The third-order valence-corrected chi connectivity index (χ3v) is 3.25. The van der Waals surface area contributed by atoms with Crippen molar-refractivity contribution in [2.45, 2.75) is 19.9 Å². The van der Waals surface area contributed by atoms with Crippen molar-refractivity contribution in [1.29, 1.82) is 0 Å². The fourth-order valence-electron chi connectivity index (χ4n) is 2.32.